The zero-order valence-corrected chi connectivity index (χ0v) is 16.7. The summed E-state index contributed by atoms with van der Waals surface area (Å²) in [6, 6.07) is 14.1. The van der Waals surface area contributed by atoms with E-state index in [9.17, 15) is 14.4 Å². The van der Waals surface area contributed by atoms with Crippen molar-refractivity contribution in [1.82, 2.24) is 10.6 Å². The standard InChI is InChI=1S/C22H27N3O3/c1-14(2)17-9-11-19(12-10-17)24-22(28)21(18-7-5-15(3)6-8-18)25-20(27)13-23-16(4)26/h5-12,14,21H,13H2,1-4H3,(H,23,26)(H,24,28)(H,25,27)/t21-/m0/s1. The van der Waals surface area contributed by atoms with Crippen LogP contribution in [0.3, 0.4) is 0 Å². The predicted octanol–water partition coefficient (Wildman–Crippen LogP) is 3.05. The van der Waals surface area contributed by atoms with Crippen LogP contribution >= 0.6 is 0 Å². The smallest absolute Gasteiger partial charge is 0.251 e. The van der Waals surface area contributed by atoms with Crippen molar-refractivity contribution < 1.29 is 14.4 Å². The summed E-state index contributed by atoms with van der Waals surface area (Å²) in [7, 11) is 0. The van der Waals surface area contributed by atoms with Crippen molar-refractivity contribution in [1.29, 1.82) is 0 Å². The van der Waals surface area contributed by atoms with Crippen molar-refractivity contribution in [2.45, 2.75) is 39.7 Å². The molecule has 6 nitrogen and oxygen atoms in total. The van der Waals surface area contributed by atoms with E-state index in [0.29, 0.717) is 17.2 Å². The lowest BCUT2D eigenvalue weighted by atomic mass is 10.0. The highest BCUT2D eigenvalue weighted by Gasteiger charge is 2.23. The van der Waals surface area contributed by atoms with Crippen molar-refractivity contribution in [2.75, 3.05) is 11.9 Å². The molecule has 3 N–H and O–H groups in total. The molecule has 2 aromatic carbocycles. The lowest BCUT2D eigenvalue weighted by molar-refractivity contribution is -0.127. The van der Waals surface area contributed by atoms with Gasteiger partial charge in [-0.3, -0.25) is 14.4 Å². The van der Waals surface area contributed by atoms with Crippen LogP contribution in [-0.2, 0) is 14.4 Å². The molecule has 3 amide bonds. The Hall–Kier alpha value is -3.15. The highest BCUT2D eigenvalue weighted by atomic mass is 16.2. The number of benzene rings is 2. The van der Waals surface area contributed by atoms with Crippen LogP contribution in [0.2, 0.25) is 0 Å². The second kappa shape index (κ2) is 9.69. The molecule has 0 spiro atoms. The highest BCUT2D eigenvalue weighted by molar-refractivity contribution is 5.98. The van der Waals surface area contributed by atoms with Gasteiger partial charge in [0.15, 0.2) is 0 Å². The fourth-order valence-corrected chi connectivity index (χ4v) is 2.64. The number of hydrogen-bond donors (Lipinski definition) is 3. The first-order valence-corrected chi connectivity index (χ1v) is 9.27. The maximum atomic E-state index is 12.9. The molecule has 2 rings (SSSR count). The van der Waals surface area contributed by atoms with Gasteiger partial charge in [-0.1, -0.05) is 55.8 Å². The zero-order valence-electron chi connectivity index (χ0n) is 16.7. The Kier molecular flexibility index (Phi) is 7.32. The first-order chi connectivity index (χ1) is 13.3. The van der Waals surface area contributed by atoms with Gasteiger partial charge in [0.25, 0.3) is 5.91 Å². The van der Waals surface area contributed by atoms with Crippen molar-refractivity contribution in [2.24, 2.45) is 0 Å². The maximum Gasteiger partial charge on any atom is 0.251 e. The Bertz CT molecular complexity index is 827. The minimum absolute atomic E-state index is 0.186. The second-order valence-electron chi connectivity index (χ2n) is 7.09. The van der Waals surface area contributed by atoms with Crippen LogP contribution in [-0.4, -0.2) is 24.3 Å². The van der Waals surface area contributed by atoms with Gasteiger partial charge in [0.1, 0.15) is 6.04 Å². The molecular formula is C22H27N3O3. The van der Waals surface area contributed by atoms with Crippen LogP contribution in [0.25, 0.3) is 0 Å². The van der Waals surface area contributed by atoms with E-state index in [1.54, 1.807) is 12.1 Å². The van der Waals surface area contributed by atoms with E-state index in [0.717, 1.165) is 5.56 Å². The summed E-state index contributed by atoms with van der Waals surface area (Å²) in [6.45, 7) is 7.30. The Morgan fingerprint density at radius 2 is 1.46 bits per heavy atom. The van der Waals surface area contributed by atoms with E-state index in [2.05, 4.69) is 29.8 Å². The van der Waals surface area contributed by atoms with Crippen LogP contribution in [0.1, 0.15) is 49.4 Å². The predicted molar refractivity (Wildman–Crippen MR) is 110 cm³/mol. The van der Waals surface area contributed by atoms with Gasteiger partial charge in [-0.05, 0) is 36.1 Å². The van der Waals surface area contributed by atoms with Gasteiger partial charge in [-0.2, -0.15) is 0 Å². The summed E-state index contributed by atoms with van der Waals surface area (Å²) in [5.41, 5.74) is 3.55. The molecule has 0 saturated heterocycles. The SMILES string of the molecule is CC(=O)NCC(=O)N[C@H](C(=O)Nc1ccc(C(C)C)cc1)c1ccc(C)cc1. The minimum Gasteiger partial charge on any atom is -0.347 e. The van der Waals surface area contributed by atoms with Gasteiger partial charge in [0, 0.05) is 12.6 Å². The quantitative estimate of drug-likeness (QED) is 0.689. The molecule has 0 bridgehead atoms. The third-order valence-electron chi connectivity index (χ3n) is 4.32. The monoisotopic (exact) mass is 381 g/mol. The van der Waals surface area contributed by atoms with Gasteiger partial charge >= 0.3 is 0 Å². The van der Waals surface area contributed by atoms with E-state index in [1.165, 1.54) is 12.5 Å². The zero-order chi connectivity index (χ0) is 20.7. The van der Waals surface area contributed by atoms with Gasteiger partial charge in [-0.15, -0.1) is 0 Å². The van der Waals surface area contributed by atoms with Gasteiger partial charge in [-0.25, -0.2) is 0 Å². The fraction of sp³-hybridized carbons (Fsp3) is 0.318. The molecule has 0 heterocycles. The number of anilines is 1. The summed E-state index contributed by atoms with van der Waals surface area (Å²) in [4.78, 5) is 36.1. The number of hydrogen-bond acceptors (Lipinski definition) is 3. The highest BCUT2D eigenvalue weighted by Crippen LogP contribution is 2.20. The van der Waals surface area contributed by atoms with Crippen molar-refractivity contribution >= 4 is 23.4 Å². The third kappa shape index (κ3) is 6.23. The van der Waals surface area contributed by atoms with Crippen molar-refractivity contribution in [3.63, 3.8) is 0 Å². The molecular weight excluding hydrogens is 354 g/mol. The molecule has 0 fully saturated rings. The molecule has 0 unspecified atom stereocenters. The van der Waals surface area contributed by atoms with Crippen LogP contribution in [0.5, 0.6) is 0 Å². The number of carbonyl (C=O) groups is 3. The summed E-state index contributed by atoms with van der Waals surface area (Å²) < 4.78 is 0. The van der Waals surface area contributed by atoms with E-state index in [-0.39, 0.29) is 18.4 Å². The normalized spacial score (nSPS) is 11.6. The summed E-state index contributed by atoms with van der Waals surface area (Å²) in [5.74, 6) is -0.696. The van der Waals surface area contributed by atoms with Crippen LogP contribution in [0.4, 0.5) is 5.69 Å². The molecule has 0 radical (unpaired) electrons. The van der Waals surface area contributed by atoms with Crippen LogP contribution < -0.4 is 16.0 Å². The Labute approximate surface area is 165 Å². The Morgan fingerprint density at radius 3 is 2.00 bits per heavy atom. The average Bonchev–Trinajstić information content (AvgIpc) is 2.65. The largest absolute Gasteiger partial charge is 0.347 e. The van der Waals surface area contributed by atoms with E-state index in [1.807, 2.05) is 43.3 Å². The van der Waals surface area contributed by atoms with E-state index < -0.39 is 11.9 Å². The number of rotatable bonds is 7. The lowest BCUT2D eigenvalue weighted by Crippen LogP contribution is -2.42. The van der Waals surface area contributed by atoms with Crippen molar-refractivity contribution in [3.8, 4) is 0 Å². The molecule has 2 aromatic rings. The molecule has 0 aliphatic heterocycles. The van der Waals surface area contributed by atoms with Gasteiger partial charge < -0.3 is 16.0 Å². The van der Waals surface area contributed by atoms with Crippen LogP contribution in [0, 0.1) is 6.92 Å². The Balaban J connectivity index is 2.16. The molecule has 0 aromatic heterocycles. The molecule has 28 heavy (non-hydrogen) atoms. The van der Waals surface area contributed by atoms with Crippen LogP contribution in [0.15, 0.2) is 48.5 Å². The second-order valence-corrected chi connectivity index (χ2v) is 7.09. The first-order valence-electron chi connectivity index (χ1n) is 9.27. The summed E-state index contributed by atoms with van der Waals surface area (Å²) >= 11 is 0. The number of amides is 3. The van der Waals surface area contributed by atoms with Gasteiger partial charge in [0.2, 0.25) is 11.8 Å². The first kappa shape index (κ1) is 21.2. The molecule has 148 valence electrons. The van der Waals surface area contributed by atoms with Crippen molar-refractivity contribution in [3.05, 3.63) is 65.2 Å². The molecule has 0 saturated carbocycles. The van der Waals surface area contributed by atoms with E-state index >= 15 is 0 Å². The lowest BCUT2D eigenvalue weighted by Gasteiger charge is -2.19. The molecule has 0 aliphatic rings. The third-order valence-corrected chi connectivity index (χ3v) is 4.32. The fourth-order valence-electron chi connectivity index (χ4n) is 2.64. The van der Waals surface area contributed by atoms with Gasteiger partial charge in [0.05, 0.1) is 6.54 Å². The average molecular weight is 381 g/mol. The minimum atomic E-state index is -0.869. The topological polar surface area (TPSA) is 87.3 Å². The molecule has 0 aliphatic carbocycles. The summed E-state index contributed by atoms with van der Waals surface area (Å²) in [6.07, 6.45) is 0. The molecule has 6 heteroatoms. The van der Waals surface area contributed by atoms with E-state index in [4.69, 9.17) is 0 Å². The maximum absolute atomic E-state index is 12.9. The Morgan fingerprint density at radius 1 is 0.893 bits per heavy atom. The summed E-state index contributed by atoms with van der Waals surface area (Å²) in [5, 5.41) is 7.98. The molecule has 1 atom stereocenters. The number of nitrogens with one attached hydrogen (secondary N) is 3. The number of carbonyl (C=O) groups excluding carboxylic acids is 3. The number of aryl methyl sites for hydroxylation is 1.